The van der Waals surface area contributed by atoms with Crippen molar-refractivity contribution in [3.8, 4) is 17.0 Å². The lowest BCUT2D eigenvalue weighted by Crippen LogP contribution is -2.15. The summed E-state index contributed by atoms with van der Waals surface area (Å²) in [6, 6.07) is 1.78. The Morgan fingerprint density at radius 3 is 2.69 bits per heavy atom. The van der Waals surface area contributed by atoms with E-state index in [4.69, 9.17) is 16.3 Å². The maximum absolute atomic E-state index is 14.5. The maximum atomic E-state index is 14.5. The molecule has 1 aromatic heterocycles. The second-order valence-electron chi connectivity index (χ2n) is 4.99. The highest BCUT2D eigenvalue weighted by atomic mass is 35.5. The van der Waals surface area contributed by atoms with E-state index in [2.05, 4.69) is 14.7 Å². The second-order valence-corrected chi connectivity index (χ2v) is 5.37. The third kappa shape index (κ3) is 4.23. The molecule has 1 aromatic carbocycles. The van der Waals surface area contributed by atoms with Crippen LogP contribution in [0.15, 0.2) is 18.5 Å². The molecule has 0 N–H and O–H groups in total. The monoisotopic (exact) mass is 383 g/mol. The molecule has 8 nitrogen and oxygen atoms in total. The highest BCUT2D eigenvalue weighted by molar-refractivity contribution is 6.33. The van der Waals surface area contributed by atoms with Gasteiger partial charge in [-0.1, -0.05) is 18.5 Å². The van der Waals surface area contributed by atoms with Crippen LogP contribution in [-0.4, -0.2) is 34.1 Å². The minimum absolute atomic E-state index is 0.0380. The number of nitrogens with zero attached hydrogens (tertiary/aromatic N) is 3. The molecule has 0 aliphatic carbocycles. The highest BCUT2D eigenvalue weighted by Crippen LogP contribution is 2.37. The van der Waals surface area contributed by atoms with Gasteiger partial charge in [-0.2, -0.15) is 0 Å². The van der Waals surface area contributed by atoms with Crippen molar-refractivity contribution in [1.29, 1.82) is 0 Å². The number of benzene rings is 1. The van der Waals surface area contributed by atoms with Gasteiger partial charge in [-0.3, -0.25) is 10.1 Å². The van der Waals surface area contributed by atoms with Gasteiger partial charge in [-0.25, -0.2) is 19.2 Å². The van der Waals surface area contributed by atoms with Crippen LogP contribution in [0.1, 0.15) is 19.5 Å². The van der Waals surface area contributed by atoms with E-state index < -0.39 is 34.8 Å². The normalized spacial score (nSPS) is 10.5. The smallest absolute Gasteiger partial charge is 0.344 e. The third-order valence-electron chi connectivity index (χ3n) is 3.35. The molecule has 0 amide bonds. The van der Waals surface area contributed by atoms with E-state index in [-0.39, 0.29) is 22.9 Å². The van der Waals surface area contributed by atoms with Crippen molar-refractivity contribution >= 4 is 23.3 Å². The van der Waals surface area contributed by atoms with Crippen LogP contribution in [0.2, 0.25) is 5.02 Å². The number of ether oxygens (including phenoxy) is 2. The van der Waals surface area contributed by atoms with E-state index in [1.165, 1.54) is 6.33 Å². The fraction of sp³-hybridized carbons (Fsp3) is 0.312. The van der Waals surface area contributed by atoms with Gasteiger partial charge >= 0.3 is 11.7 Å². The number of nitro benzene ring substituents is 1. The van der Waals surface area contributed by atoms with Gasteiger partial charge in [0.15, 0.2) is 6.61 Å². The molecule has 1 heterocycles. The number of aromatic nitrogens is 2. The number of hydrogen-bond donors (Lipinski definition) is 0. The van der Waals surface area contributed by atoms with Crippen LogP contribution in [0, 0.1) is 15.9 Å². The average molecular weight is 384 g/mol. The fourth-order valence-corrected chi connectivity index (χ4v) is 2.50. The molecular formula is C16H15ClFN3O5. The zero-order valence-electron chi connectivity index (χ0n) is 14.0. The third-order valence-corrected chi connectivity index (χ3v) is 3.75. The number of halogens is 2. The lowest BCUT2D eigenvalue weighted by atomic mass is 10.1. The summed E-state index contributed by atoms with van der Waals surface area (Å²) in [6.07, 6.45) is 1.69. The van der Waals surface area contributed by atoms with Crippen LogP contribution in [0.3, 0.4) is 0 Å². The molecule has 10 heteroatoms. The summed E-state index contributed by atoms with van der Waals surface area (Å²) in [5.74, 6) is -1.96. The van der Waals surface area contributed by atoms with Gasteiger partial charge in [0.2, 0.25) is 5.75 Å². The Kier molecular flexibility index (Phi) is 6.40. The Bertz CT molecular complexity index is 847. The van der Waals surface area contributed by atoms with Gasteiger partial charge in [0.25, 0.3) is 0 Å². The first-order valence-electron chi connectivity index (χ1n) is 7.65. The fourth-order valence-electron chi connectivity index (χ4n) is 2.16. The number of nitro groups is 1. The Balaban J connectivity index is 2.46. The van der Waals surface area contributed by atoms with Crippen LogP contribution >= 0.6 is 11.6 Å². The molecule has 2 rings (SSSR count). The van der Waals surface area contributed by atoms with Crippen molar-refractivity contribution in [2.45, 2.75) is 20.3 Å². The first-order chi connectivity index (χ1) is 12.4. The van der Waals surface area contributed by atoms with Gasteiger partial charge in [0.05, 0.1) is 27.9 Å². The van der Waals surface area contributed by atoms with Crippen molar-refractivity contribution in [3.05, 3.63) is 45.1 Å². The quantitative estimate of drug-likeness (QED) is 0.410. The molecule has 0 radical (unpaired) electrons. The first kappa shape index (κ1) is 19.5. The van der Waals surface area contributed by atoms with Crippen LogP contribution in [0.4, 0.5) is 10.1 Å². The molecule has 0 fully saturated rings. The molecule has 0 saturated carbocycles. The highest BCUT2D eigenvalue weighted by Gasteiger charge is 2.24. The summed E-state index contributed by atoms with van der Waals surface area (Å²) in [7, 11) is 0. The van der Waals surface area contributed by atoms with E-state index in [9.17, 15) is 19.3 Å². The van der Waals surface area contributed by atoms with E-state index >= 15 is 0 Å². The Morgan fingerprint density at radius 1 is 1.35 bits per heavy atom. The zero-order chi connectivity index (χ0) is 19.3. The van der Waals surface area contributed by atoms with E-state index in [1.54, 1.807) is 6.92 Å². The van der Waals surface area contributed by atoms with Crippen molar-refractivity contribution in [3.63, 3.8) is 0 Å². The predicted molar refractivity (Wildman–Crippen MR) is 90.6 cm³/mol. The van der Waals surface area contributed by atoms with Crippen molar-refractivity contribution < 1.29 is 23.6 Å². The largest absolute Gasteiger partial charge is 0.475 e. The molecule has 0 bridgehead atoms. The molecule has 0 aliphatic rings. The molecule has 2 aromatic rings. The molecule has 0 atom stereocenters. The Hall–Kier alpha value is -2.81. The van der Waals surface area contributed by atoms with Crippen molar-refractivity contribution in [2.24, 2.45) is 0 Å². The van der Waals surface area contributed by atoms with E-state index in [0.717, 1.165) is 12.1 Å². The molecule has 0 unspecified atom stereocenters. The molecule has 0 saturated heterocycles. The average Bonchev–Trinajstić information content (AvgIpc) is 2.60. The number of carbonyl (C=O) groups is 1. The maximum Gasteiger partial charge on any atom is 0.344 e. The summed E-state index contributed by atoms with van der Waals surface area (Å²) in [5, 5.41) is 11.4. The molecule has 0 aliphatic heterocycles. The predicted octanol–water partition coefficient (Wildman–Crippen LogP) is 3.35. The van der Waals surface area contributed by atoms with Gasteiger partial charge in [0.1, 0.15) is 12.1 Å². The van der Waals surface area contributed by atoms with Gasteiger partial charge < -0.3 is 9.47 Å². The van der Waals surface area contributed by atoms with Gasteiger partial charge in [-0.15, -0.1) is 0 Å². The van der Waals surface area contributed by atoms with Crippen LogP contribution < -0.4 is 4.74 Å². The number of esters is 1. The number of aryl methyl sites for hydroxylation is 1. The second kappa shape index (κ2) is 8.52. The van der Waals surface area contributed by atoms with Crippen molar-refractivity contribution in [2.75, 3.05) is 13.2 Å². The Labute approximate surface area is 153 Å². The summed E-state index contributed by atoms with van der Waals surface area (Å²) in [4.78, 5) is 29.8. The summed E-state index contributed by atoms with van der Waals surface area (Å²) in [5.41, 5.74) is -0.168. The summed E-state index contributed by atoms with van der Waals surface area (Å²) >= 11 is 6.17. The first-order valence-corrected chi connectivity index (χ1v) is 8.02. The SMILES string of the molecule is CCOC(=O)COc1cc(F)c(-c2ncnc(CC)c2Cl)cc1[N+](=O)[O-]. The number of carbonyl (C=O) groups excluding carboxylic acids is 1. The topological polar surface area (TPSA) is 104 Å². The lowest BCUT2D eigenvalue weighted by Gasteiger charge is -2.11. The molecule has 138 valence electrons. The zero-order valence-corrected chi connectivity index (χ0v) is 14.7. The molecular weight excluding hydrogens is 369 g/mol. The van der Waals surface area contributed by atoms with Crippen LogP contribution in [0.25, 0.3) is 11.3 Å². The minimum Gasteiger partial charge on any atom is -0.475 e. The summed E-state index contributed by atoms with van der Waals surface area (Å²) < 4.78 is 24.2. The van der Waals surface area contributed by atoms with Gasteiger partial charge in [0, 0.05) is 17.7 Å². The number of hydrogen-bond acceptors (Lipinski definition) is 7. The van der Waals surface area contributed by atoms with Crippen LogP contribution in [0.5, 0.6) is 5.75 Å². The number of rotatable bonds is 7. The van der Waals surface area contributed by atoms with E-state index in [0.29, 0.717) is 12.1 Å². The molecule has 26 heavy (non-hydrogen) atoms. The van der Waals surface area contributed by atoms with Gasteiger partial charge in [-0.05, 0) is 13.3 Å². The van der Waals surface area contributed by atoms with Crippen molar-refractivity contribution in [1.82, 2.24) is 9.97 Å². The Morgan fingerprint density at radius 2 is 2.08 bits per heavy atom. The lowest BCUT2D eigenvalue weighted by molar-refractivity contribution is -0.385. The standard InChI is InChI=1S/C16H15ClFN3O5/c1-3-11-15(17)16(20-8-19-11)9-5-12(21(23)24)13(6-10(9)18)26-7-14(22)25-4-2/h5-6,8H,3-4,7H2,1-2H3. The van der Waals surface area contributed by atoms with Crippen LogP contribution in [-0.2, 0) is 16.0 Å². The molecule has 0 spiro atoms. The summed E-state index contributed by atoms with van der Waals surface area (Å²) in [6.45, 7) is 2.96. The van der Waals surface area contributed by atoms with E-state index in [1.807, 2.05) is 6.92 Å². The minimum atomic E-state index is -0.836.